The van der Waals surface area contributed by atoms with Crippen LogP contribution >= 0.6 is 0 Å². The molecular weight excluding hydrogens is 322 g/mol. The van der Waals surface area contributed by atoms with Gasteiger partial charge in [0.2, 0.25) is 5.91 Å². The van der Waals surface area contributed by atoms with Crippen LogP contribution in [-0.2, 0) is 23.0 Å². The van der Waals surface area contributed by atoms with Gasteiger partial charge in [-0.15, -0.1) is 0 Å². The molecule has 2 aromatic heterocycles. The van der Waals surface area contributed by atoms with Crippen LogP contribution in [-0.4, -0.2) is 49.7 Å². The van der Waals surface area contributed by atoms with Gasteiger partial charge in [0.05, 0.1) is 19.0 Å². The Hall–Kier alpha value is -2.22. The molecule has 1 aliphatic carbocycles. The quantitative estimate of drug-likeness (QED) is 0.818. The van der Waals surface area contributed by atoms with Crippen LogP contribution in [0.3, 0.4) is 0 Å². The number of carbonyl (C=O) groups is 1. The first-order valence-electron chi connectivity index (χ1n) is 8.82. The van der Waals surface area contributed by atoms with Gasteiger partial charge in [0, 0.05) is 37.8 Å². The first kappa shape index (κ1) is 16.3. The van der Waals surface area contributed by atoms with Crippen LogP contribution < -0.4 is 0 Å². The molecular formula is C17H23N5O3. The monoisotopic (exact) mass is 345 g/mol. The zero-order valence-corrected chi connectivity index (χ0v) is 14.6. The number of imidazole rings is 1. The molecule has 0 bridgehead atoms. The Bertz CT molecular complexity index is 751. The third-order valence-corrected chi connectivity index (χ3v) is 4.80. The zero-order chi connectivity index (χ0) is 17.4. The van der Waals surface area contributed by atoms with Gasteiger partial charge in [-0.2, -0.15) is 4.98 Å². The number of aromatic nitrogens is 4. The zero-order valence-electron chi connectivity index (χ0n) is 14.6. The second kappa shape index (κ2) is 6.59. The fourth-order valence-corrected chi connectivity index (χ4v) is 3.20. The summed E-state index contributed by atoms with van der Waals surface area (Å²) in [6.45, 7) is 3.01. The molecule has 2 fully saturated rings. The SMILES string of the molecule is C[C@@H]1CN(C(=O)CCc2cncn2C)C[C@H](c2nc(C3CC3)no2)O1. The van der Waals surface area contributed by atoms with E-state index in [1.807, 2.05) is 23.4 Å². The van der Waals surface area contributed by atoms with Gasteiger partial charge in [-0.25, -0.2) is 4.98 Å². The van der Waals surface area contributed by atoms with E-state index in [1.54, 1.807) is 12.5 Å². The molecule has 0 radical (unpaired) electrons. The molecule has 1 amide bonds. The Morgan fingerprint density at radius 3 is 2.92 bits per heavy atom. The van der Waals surface area contributed by atoms with E-state index < -0.39 is 0 Å². The van der Waals surface area contributed by atoms with Crippen molar-refractivity contribution in [3.05, 3.63) is 29.9 Å². The van der Waals surface area contributed by atoms with E-state index >= 15 is 0 Å². The second-order valence-electron chi connectivity index (χ2n) is 7.00. The summed E-state index contributed by atoms with van der Waals surface area (Å²) >= 11 is 0. The fraction of sp³-hybridized carbons (Fsp3) is 0.647. The van der Waals surface area contributed by atoms with Crippen molar-refractivity contribution < 1.29 is 14.1 Å². The molecule has 8 nitrogen and oxygen atoms in total. The average Bonchev–Trinajstić information content (AvgIpc) is 3.18. The molecule has 2 atom stereocenters. The van der Waals surface area contributed by atoms with E-state index in [9.17, 15) is 4.79 Å². The summed E-state index contributed by atoms with van der Waals surface area (Å²) in [4.78, 5) is 23.0. The summed E-state index contributed by atoms with van der Waals surface area (Å²) in [5.41, 5.74) is 1.05. The number of ether oxygens (including phenoxy) is 1. The number of hydrogen-bond donors (Lipinski definition) is 0. The van der Waals surface area contributed by atoms with Gasteiger partial charge in [0.15, 0.2) is 11.9 Å². The van der Waals surface area contributed by atoms with Crippen LogP contribution in [0.1, 0.15) is 55.6 Å². The maximum atomic E-state index is 12.6. The Morgan fingerprint density at radius 2 is 2.20 bits per heavy atom. The van der Waals surface area contributed by atoms with Gasteiger partial charge in [-0.05, 0) is 26.2 Å². The van der Waals surface area contributed by atoms with E-state index in [0.717, 1.165) is 24.4 Å². The maximum Gasteiger partial charge on any atom is 0.257 e. The smallest absolute Gasteiger partial charge is 0.257 e. The summed E-state index contributed by atoms with van der Waals surface area (Å²) in [7, 11) is 1.94. The van der Waals surface area contributed by atoms with Crippen molar-refractivity contribution in [2.75, 3.05) is 13.1 Å². The van der Waals surface area contributed by atoms with Gasteiger partial charge in [-0.1, -0.05) is 5.16 Å². The van der Waals surface area contributed by atoms with Crippen LogP contribution in [0.5, 0.6) is 0 Å². The fourth-order valence-electron chi connectivity index (χ4n) is 3.20. The summed E-state index contributed by atoms with van der Waals surface area (Å²) in [6, 6.07) is 0. The number of morpholine rings is 1. The van der Waals surface area contributed by atoms with Gasteiger partial charge in [0.25, 0.3) is 5.89 Å². The number of amides is 1. The first-order valence-corrected chi connectivity index (χ1v) is 8.82. The molecule has 1 aliphatic heterocycles. The highest BCUT2D eigenvalue weighted by molar-refractivity contribution is 5.76. The van der Waals surface area contributed by atoms with Gasteiger partial charge >= 0.3 is 0 Å². The van der Waals surface area contributed by atoms with E-state index in [-0.39, 0.29) is 18.1 Å². The van der Waals surface area contributed by atoms with Crippen molar-refractivity contribution in [3.63, 3.8) is 0 Å². The minimum Gasteiger partial charge on any atom is -0.362 e. The van der Waals surface area contributed by atoms with Crippen LogP contribution in [0.25, 0.3) is 0 Å². The van der Waals surface area contributed by atoms with Gasteiger partial charge in [-0.3, -0.25) is 4.79 Å². The number of nitrogens with zero attached hydrogens (tertiary/aromatic N) is 5. The first-order chi connectivity index (χ1) is 12.1. The van der Waals surface area contributed by atoms with Crippen molar-refractivity contribution in [2.24, 2.45) is 7.05 Å². The second-order valence-corrected chi connectivity index (χ2v) is 7.00. The summed E-state index contributed by atoms with van der Waals surface area (Å²) in [5.74, 6) is 1.81. The predicted octanol–water partition coefficient (Wildman–Crippen LogP) is 1.60. The lowest BCUT2D eigenvalue weighted by molar-refractivity contribution is -0.146. The molecule has 8 heteroatoms. The van der Waals surface area contributed by atoms with Crippen molar-refractivity contribution in [1.82, 2.24) is 24.6 Å². The molecule has 0 N–H and O–H groups in total. The van der Waals surface area contributed by atoms with Crippen LogP contribution in [0.4, 0.5) is 0 Å². The van der Waals surface area contributed by atoms with Crippen molar-refractivity contribution >= 4 is 5.91 Å². The molecule has 2 aromatic rings. The lowest BCUT2D eigenvalue weighted by Crippen LogP contribution is -2.46. The number of carbonyl (C=O) groups excluding carboxylic acids is 1. The highest BCUT2D eigenvalue weighted by atomic mass is 16.5. The number of hydrogen-bond acceptors (Lipinski definition) is 6. The maximum absolute atomic E-state index is 12.6. The molecule has 2 aliphatic rings. The third kappa shape index (κ3) is 3.58. The molecule has 4 rings (SSSR count). The van der Waals surface area contributed by atoms with E-state index in [1.165, 1.54) is 0 Å². The van der Waals surface area contributed by atoms with Crippen molar-refractivity contribution in [2.45, 2.75) is 50.7 Å². The molecule has 0 spiro atoms. The van der Waals surface area contributed by atoms with Crippen LogP contribution in [0, 0.1) is 0 Å². The van der Waals surface area contributed by atoms with E-state index in [4.69, 9.17) is 9.26 Å². The van der Waals surface area contributed by atoms with Gasteiger partial charge < -0.3 is 18.7 Å². The Kier molecular flexibility index (Phi) is 4.29. The molecule has 134 valence electrons. The predicted molar refractivity (Wildman–Crippen MR) is 87.7 cm³/mol. The highest BCUT2D eigenvalue weighted by Gasteiger charge is 2.35. The minimum absolute atomic E-state index is 0.0596. The summed E-state index contributed by atoms with van der Waals surface area (Å²) in [6.07, 6.45) is 6.53. The molecule has 3 heterocycles. The molecule has 1 saturated heterocycles. The van der Waals surface area contributed by atoms with Crippen LogP contribution in [0.2, 0.25) is 0 Å². The van der Waals surface area contributed by atoms with E-state index in [0.29, 0.717) is 37.7 Å². The van der Waals surface area contributed by atoms with Crippen molar-refractivity contribution in [1.29, 1.82) is 0 Å². The van der Waals surface area contributed by atoms with Crippen LogP contribution in [0.15, 0.2) is 17.0 Å². The summed E-state index contributed by atoms with van der Waals surface area (Å²) < 4.78 is 13.3. The molecule has 0 aromatic carbocycles. The van der Waals surface area contributed by atoms with Gasteiger partial charge in [0.1, 0.15) is 0 Å². The molecule has 25 heavy (non-hydrogen) atoms. The normalized spacial score (nSPS) is 23.8. The lowest BCUT2D eigenvalue weighted by Gasteiger charge is -2.35. The Morgan fingerprint density at radius 1 is 1.36 bits per heavy atom. The average molecular weight is 345 g/mol. The highest BCUT2D eigenvalue weighted by Crippen LogP contribution is 2.39. The third-order valence-electron chi connectivity index (χ3n) is 4.80. The topological polar surface area (TPSA) is 86.3 Å². The summed E-state index contributed by atoms with van der Waals surface area (Å²) in [5, 5.41) is 4.05. The standard InChI is InChI=1S/C17H23N5O3/c1-11-8-22(15(23)6-5-13-7-18-10-21(13)2)9-14(24-11)17-19-16(20-25-17)12-3-4-12/h7,10-12,14H,3-6,8-9H2,1-2H3/t11-,14-/m1/s1. The largest absolute Gasteiger partial charge is 0.362 e. The molecule has 1 saturated carbocycles. The number of aryl methyl sites for hydroxylation is 2. The van der Waals surface area contributed by atoms with Crippen molar-refractivity contribution in [3.8, 4) is 0 Å². The Balaban J connectivity index is 1.39. The molecule has 0 unspecified atom stereocenters. The van der Waals surface area contributed by atoms with E-state index in [2.05, 4.69) is 15.1 Å². The Labute approximate surface area is 146 Å². The number of rotatable bonds is 5. The minimum atomic E-state index is -0.343. The lowest BCUT2D eigenvalue weighted by atomic mass is 10.1.